The van der Waals surface area contributed by atoms with Gasteiger partial charge in [-0.3, -0.25) is 9.78 Å². The third-order valence-electron chi connectivity index (χ3n) is 5.86. The molecule has 28 heavy (non-hydrogen) atoms. The molecule has 6 heteroatoms. The second-order valence-corrected chi connectivity index (χ2v) is 7.79. The molecule has 4 rings (SSSR count). The van der Waals surface area contributed by atoms with E-state index in [1.54, 1.807) is 18.3 Å². The molecule has 0 radical (unpaired) electrons. The van der Waals surface area contributed by atoms with Gasteiger partial charge in [-0.2, -0.15) is 0 Å². The molecule has 2 fully saturated rings. The maximum absolute atomic E-state index is 13.1. The van der Waals surface area contributed by atoms with Crippen molar-refractivity contribution in [2.45, 2.75) is 37.9 Å². The second kappa shape index (κ2) is 8.27. The Kier molecular flexibility index (Phi) is 5.57. The number of hydrogen-bond donors (Lipinski definition) is 1. The minimum absolute atomic E-state index is 0.144. The van der Waals surface area contributed by atoms with Gasteiger partial charge in [0, 0.05) is 31.4 Å². The highest BCUT2D eigenvalue weighted by molar-refractivity contribution is 5.76. The van der Waals surface area contributed by atoms with Crippen LogP contribution in [0.2, 0.25) is 0 Å². The lowest BCUT2D eigenvalue weighted by Gasteiger charge is -2.35. The molecule has 1 aromatic heterocycles. The summed E-state index contributed by atoms with van der Waals surface area (Å²) in [5, 5.41) is 10.5. The van der Waals surface area contributed by atoms with Crippen LogP contribution in [-0.4, -0.2) is 46.2 Å². The highest BCUT2D eigenvalue weighted by Gasteiger charge is 2.43. The predicted octanol–water partition coefficient (Wildman–Crippen LogP) is 2.83. The van der Waals surface area contributed by atoms with Gasteiger partial charge in [-0.25, -0.2) is 4.39 Å². The Hall–Kier alpha value is -2.47. The van der Waals surface area contributed by atoms with Crippen molar-refractivity contribution < 1.29 is 19.0 Å². The number of amides is 1. The predicted molar refractivity (Wildman–Crippen MR) is 102 cm³/mol. The number of benzene rings is 1. The van der Waals surface area contributed by atoms with Crippen LogP contribution in [0.3, 0.4) is 0 Å². The molecule has 1 aliphatic heterocycles. The Morgan fingerprint density at radius 2 is 1.89 bits per heavy atom. The van der Waals surface area contributed by atoms with Crippen LogP contribution in [0.15, 0.2) is 48.7 Å². The van der Waals surface area contributed by atoms with Crippen molar-refractivity contribution in [2.75, 3.05) is 13.1 Å². The molecule has 0 bridgehead atoms. The van der Waals surface area contributed by atoms with Gasteiger partial charge < -0.3 is 14.7 Å². The molecule has 1 N–H and O–H groups in total. The number of aliphatic hydroxyl groups is 1. The van der Waals surface area contributed by atoms with Crippen LogP contribution in [-0.2, 0) is 11.2 Å². The zero-order valence-electron chi connectivity index (χ0n) is 15.7. The van der Waals surface area contributed by atoms with Crippen molar-refractivity contribution in [2.24, 2.45) is 11.8 Å². The summed E-state index contributed by atoms with van der Waals surface area (Å²) >= 11 is 0. The van der Waals surface area contributed by atoms with Gasteiger partial charge in [0.1, 0.15) is 17.7 Å². The number of likely N-dealkylation sites (tertiary alicyclic amines) is 1. The van der Waals surface area contributed by atoms with E-state index < -0.39 is 6.10 Å². The summed E-state index contributed by atoms with van der Waals surface area (Å²) in [5.41, 5.74) is 0.927. The van der Waals surface area contributed by atoms with Crippen molar-refractivity contribution >= 4 is 5.91 Å². The number of ether oxygens (including phenoxy) is 1. The lowest BCUT2D eigenvalue weighted by Crippen LogP contribution is -2.42. The number of aryl methyl sites for hydroxylation is 1. The summed E-state index contributed by atoms with van der Waals surface area (Å²) in [7, 11) is 0. The summed E-state index contributed by atoms with van der Waals surface area (Å²) in [6, 6.07) is 11.6. The van der Waals surface area contributed by atoms with Crippen LogP contribution >= 0.6 is 0 Å². The fourth-order valence-electron chi connectivity index (χ4n) is 4.35. The average molecular weight is 384 g/mol. The molecule has 1 saturated carbocycles. The van der Waals surface area contributed by atoms with E-state index in [-0.39, 0.29) is 17.8 Å². The Morgan fingerprint density at radius 1 is 1.14 bits per heavy atom. The van der Waals surface area contributed by atoms with Gasteiger partial charge in [0.05, 0.1) is 6.10 Å². The number of pyridine rings is 1. The largest absolute Gasteiger partial charge is 0.488 e. The highest BCUT2D eigenvalue weighted by Crippen LogP contribution is 2.38. The fraction of sp³-hybridized carbons (Fsp3) is 0.455. The fourth-order valence-corrected chi connectivity index (χ4v) is 4.35. The van der Waals surface area contributed by atoms with E-state index >= 15 is 0 Å². The molecule has 2 aliphatic rings. The molecule has 0 unspecified atom stereocenters. The number of halogens is 1. The molecule has 1 aliphatic carbocycles. The molecule has 0 spiro atoms. The maximum atomic E-state index is 13.1. The number of carbonyl (C=O) groups is 1. The summed E-state index contributed by atoms with van der Waals surface area (Å²) in [5.74, 6) is 1.03. The number of rotatable bonds is 5. The Bertz CT molecular complexity index is 799. The molecular weight excluding hydrogens is 359 g/mol. The molecule has 1 saturated heterocycles. The van der Waals surface area contributed by atoms with Gasteiger partial charge in [0.2, 0.25) is 5.91 Å². The molecule has 2 aromatic rings. The Labute approximate surface area is 164 Å². The van der Waals surface area contributed by atoms with Crippen molar-refractivity contribution in [1.29, 1.82) is 0 Å². The Balaban J connectivity index is 1.32. The van der Waals surface area contributed by atoms with Crippen molar-refractivity contribution in [3.63, 3.8) is 0 Å². The first-order valence-corrected chi connectivity index (χ1v) is 9.86. The minimum atomic E-state index is -0.574. The van der Waals surface area contributed by atoms with Crippen LogP contribution in [0.4, 0.5) is 4.39 Å². The van der Waals surface area contributed by atoms with Gasteiger partial charge in [-0.15, -0.1) is 0 Å². The lowest BCUT2D eigenvalue weighted by molar-refractivity contribution is -0.130. The standard InChI is InChI=1S/C22H25FN2O3/c23-17-4-7-19(8-5-17)28-21-12-16-14-25(13-15(16)11-20(21)26)22(27)9-6-18-3-1-2-10-24-18/h1-5,7-8,10,15-16,20-21,26H,6,9,11-14H2/t15-,16+,20+,21+/m0/s1. The van der Waals surface area contributed by atoms with Gasteiger partial charge in [0.15, 0.2) is 0 Å². The molecule has 1 aromatic carbocycles. The first kappa shape index (κ1) is 18.9. The zero-order chi connectivity index (χ0) is 19.5. The summed E-state index contributed by atoms with van der Waals surface area (Å²) in [6.45, 7) is 1.41. The van der Waals surface area contributed by atoms with Gasteiger partial charge in [-0.05, 0) is 67.5 Å². The van der Waals surface area contributed by atoms with E-state index in [0.29, 0.717) is 56.4 Å². The number of fused-ring (bicyclic) bond motifs is 1. The number of aromatic nitrogens is 1. The quantitative estimate of drug-likeness (QED) is 0.861. The number of hydrogen-bond acceptors (Lipinski definition) is 4. The van der Waals surface area contributed by atoms with E-state index in [2.05, 4.69) is 4.98 Å². The van der Waals surface area contributed by atoms with Crippen LogP contribution in [0, 0.1) is 17.7 Å². The zero-order valence-corrected chi connectivity index (χ0v) is 15.7. The summed E-state index contributed by atoms with van der Waals surface area (Å²) < 4.78 is 19.0. The normalized spacial score (nSPS) is 26.7. The van der Waals surface area contributed by atoms with Crippen molar-refractivity contribution in [3.8, 4) is 5.75 Å². The number of aliphatic hydroxyl groups excluding tert-OH is 1. The third kappa shape index (κ3) is 4.33. The topological polar surface area (TPSA) is 62.7 Å². The Morgan fingerprint density at radius 3 is 2.61 bits per heavy atom. The second-order valence-electron chi connectivity index (χ2n) is 7.79. The monoisotopic (exact) mass is 384 g/mol. The third-order valence-corrected chi connectivity index (χ3v) is 5.86. The number of carbonyl (C=O) groups excluding carboxylic acids is 1. The molecular formula is C22H25FN2O3. The SMILES string of the molecule is O=C(CCc1ccccn1)N1C[C@H]2C[C@@H](Oc3ccc(F)cc3)[C@H](O)C[C@H]2C1. The highest BCUT2D eigenvalue weighted by atomic mass is 19.1. The minimum Gasteiger partial charge on any atom is -0.488 e. The van der Waals surface area contributed by atoms with E-state index in [1.807, 2.05) is 23.1 Å². The van der Waals surface area contributed by atoms with Crippen molar-refractivity contribution in [1.82, 2.24) is 9.88 Å². The van der Waals surface area contributed by atoms with Gasteiger partial charge >= 0.3 is 0 Å². The van der Waals surface area contributed by atoms with Crippen molar-refractivity contribution in [3.05, 3.63) is 60.2 Å². The summed E-state index contributed by atoms with van der Waals surface area (Å²) in [4.78, 5) is 18.8. The van der Waals surface area contributed by atoms with E-state index in [4.69, 9.17) is 4.74 Å². The van der Waals surface area contributed by atoms with Crippen LogP contribution in [0.5, 0.6) is 5.75 Å². The van der Waals surface area contributed by atoms with Gasteiger partial charge in [-0.1, -0.05) is 6.07 Å². The smallest absolute Gasteiger partial charge is 0.222 e. The average Bonchev–Trinajstić information content (AvgIpc) is 3.12. The molecule has 4 atom stereocenters. The molecule has 2 heterocycles. The van der Waals surface area contributed by atoms with Crippen LogP contribution in [0.1, 0.15) is 25.0 Å². The van der Waals surface area contributed by atoms with E-state index in [9.17, 15) is 14.3 Å². The number of nitrogens with zero attached hydrogens (tertiary/aromatic N) is 2. The lowest BCUT2D eigenvalue weighted by atomic mass is 9.78. The molecule has 1 amide bonds. The first-order chi connectivity index (χ1) is 13.6. The van der Waals surface area contributed by atoms with Crippen LogP contribution in [0.25, 0.3) is 0 Å². The summed E-state index contributed by atoms with van der Waals surface area (Å²) in [6.07, 6.45) is 3.27. The van der Waals surface area contributed by atoms with Gasteiger partial charge in [0.25, 0.3) is 0 Å². The van der Waals surface area contributed by atoms with E-state index in [0.717, 1.165) is 5.69 Å². The maximum Gasteiger partial charge on any atom is 0.222 e. The van der Waals surface area contributed by atoms with E-state index in [1.165, 1.54) is 12.1 Å². The molecule has 5 nitrogen and oxygen atoms in total. The first-order valence-electron chi connectivity index (χ1n) is 9.86. The van der Waals surface area contributed by atoms with Crippen LogP contribution < -0.4 is 4.74 Å². The molecule has 148 valence electrons.